The normalized spacial score (nSPS) is 11.0. The van der Waals surface area contributed by atoms with Crippen molar-refractivity contribution in [3.05, 3.63) is 106 Å². The maximum atomic E-state index is 12.0. The molecule has 1 N–H and O–H groups in total. The van der Waals surface area contributed by atoms with Crippen LogP contribution in [0.4, 0.5) is 0 Å². The Balaban J connectivity index is 1.52. The van der Waals surface area contributed by atoms with Crippen LogP contribution >= 0.6 is 23.2 Å². The van der Waals surface area contributed by atoms with E-state index in [1.165, 1.54) is 24.4 Å². The molecule has 0 aliphatic carbocycles. The van der Waals surface area contributed by atoms with Gasteiger partial charge in [-0.1, -0.05) is 53.5 Å². The van der Waals surface area contributed by atoms with Gasteiger partial charge in [0.05, 0.1) is 16.3 Å². The van der Waals surface area contributed by atoms with Crippen molar-refractivity contribution in [2.75, 3.05) is 0 Å². The van der Waals surface area contributed by atoms with E-state index in [1.807, 2.05) is 30.3 Å². The number of hydrogen-bond donors (Lipinski definition) is 1. The van der Waals surface area contributed by atoms with Crippen molar-refractivity contribution >= 4 is 47.4 Å². The molecule has 1 amide bonds. The highest BCUT2D eigenvalue weighted by atomic mass is 35.5. The molecule has 0 spiro atoms. The van der Waals surface area contributed by atoms with Crippen molar-refractivity contribution in [3.8, 4) is 5.75 Å². The summed E-state index contributed by atoms with van der Waals surface area (Å²) < 4.78 is 5.25. The smallest absolute Gasteiger partial charge is 0.336 e. The molecule has 150 valence electrons. The number of esters is 1. The van der Waals surface area contributed by atoms with E-state index in [9.17, 15) is 9.59 Å². The minimum absolute atomic E-state index is 0.289. The summed E-state index contributed by atoms with van der Waals surface area (Å²) >= 11 is 11.7. The number of hydrogen-bond acceptors (Lipinski definition) is 4. The Morgan fingerprint density at radius 1 is 0.867 bits per heavy atom. The van der Waals surface area contributed by atoms with Crippen LogP contribution in [0.5, 0.6) is 5.75 Å². The van der Waals surface area contributed by atoms with E-state index in [0.29, 0.717) is 21.9 Å². The van der Waals surface area contributed by atoms with Gasteiger partial charge in [-0.05, 0) is 59.7 Å². The molecule has 7 heteroatoms. The molecule has 0 fully saturated rings. The highest BCUT2D eigenvalue weighted by molar-refractivity contribution is 6.42. The molecule has 0 aromatic heterocycles. The highest BCUT2D eigenvalue weighted by Crippen LogP contribution is 2.22. The fourth-order valence-electron chi connectivity index (χ4n) is 2.37. The van der Waals surface area contributed by atoms with E-state index in [1.54, 1.807) is 36.4 Å². The predicted octanol–water partition coefficient (Wildman–Crippen LogP) is 5.38. The fourth-order valence-corrected chi connectivity index (χ4v) is 2.67. The van der Waals surface area contributed by atoms with Crippen LogP contribution in [0.15, 0.2) is 84.0 Å². The number of ether oxygens (including phenoxy) is 1. The van der Waals surface area contributed by atoms with Gasteiger partial charge in [0.1, 0.15) is 5.75 Å². The Morgan fingerprint density at radius 2 is 1.60 bits per heavy atom. The Labute approximate surface area is 183 Å². The summed E-state index contributed by atoms with van der Waals surface area (Å²) in [5, 5.41) is 4.56. The summed E-state index contributed by atoms with van der Waals surface area (Å²) in [6, 6.07) is 20.7. The van der Waals surface area contributed by atoms with Crippen molar-refractivity contribution in [2.45, 2.75) is 0 Å². The van der Waals surface area contributed by atoms with Crippen LogP contribution in [0.25, 0.3) is 6.08 Å². The first-order valence-corrected chi connectivity index (χ1v) is 9.60. The molecule has 3 rings (SSSR count). The van der Waals surface area contributed by atoms with Crippen LogP contribution in [0.3, 0.4) is 0 Å². The summed E-state index contributed by atoms with van der Waals surface area (Å²) in [5.41, 5.74) is 4.37. The van der Waals surface area contributed by atoms with Gasteiger partial charge in [0.25, 0.3) is 5.91 Å². The Hall–Kier alpha value is -3.41. The molecule has 0 heterocycles. The first-order valence-electron chi connectivity index (χ1n) is 8.85. The average molecular weight is 439 g/mol. The maximum Gasteiger partial charge on any atom is 0.336 e. The molecule has 0 bridgehead atoms. The summed E-state index contributed by atoms with van der Waals surface area (Å²) in [7, 11) is 0. The minimum atomic E-state index is -0.478. The van der Waals surface area contributed by atoms with Gasteiger partial charge in [-0.15, -0.1) is 0 Å². The highest BCUT2D eigenvalue weighted by Gasteiger charge is 2.07. The average Bonchev–Trinajstić information content (AvgIpc) is 2.76. The summed E-state index contributed by atoms with van der Waals surface area (Å²) in [5.74, 6) is -0.496. The van der Waals surface area contributed by atoms with Crippen LogP contribution < -0.4 is 10.2 Å². The third-order valence-corrected chi connectivity index (χ3v) is 4.61. The number of rotatable bonds is 6. The second-order valence-electron chi connectivity index (χ2n) is 6.06. The number of carbonyl (C=O) groups excluding carboxylic acids is 2. The van der Waals surface area contributed by atoms with E-state index in [4.69, 9.17) is 27.9 Å². The van der Waals surface area contributed by atoms with Gasteiger partial charge in [0.2, 0.25) is 0 Å². The van der Waals surface area contributed by atoms with E-state index in [-0.39, 0.29) is 5.02 Å². The van der Waals surface area contributed by atoms with E-state index in [0.717, 1.165) is 5.56 Å². The standard InChI is InChI=1S/C23H16Cl2N2O3/c24-20-12-9-18(14-21(20)25)23(29)27-26-15-17-6-10-19(11-7-17)30-22(28)13-8-16-4-2-1-3-5-16/h1-15H,(H,27,29)/b13-8+,26-15-. The van der Waals surface area contributed by atoms with Gasteiger partial charge in [-0.25, -0.2) is 10.2 Å². The molecule has 0 radical (unpaired) electrons. The molecule has 0 aliphatic heterocycles. The SMILES string of the molecule is O=C(/C=C/c1ccccc1)Oc1ccc(/C=N\NC(=O)c2ccc(Cl)c(Cl)c2)cc1. The van der Waals surface area contributed by atoms with Crippen molar-refractivity contribution in [1.82, 2.24) is 5.43 Å². The van der Waals surface area contributed by atoms with Gasteiger partial charge in [-0.3, -0.25) is 4.79 Å². The number of hydrazone groups is 1. The number of amides is 1. The Morgan fingerprint density at radius 3 is 2.30 bits per heavy atom. The number of benzene rings is 3. The van der Waals surface area contributed by atoms with Gasteiger partial charge < -0.3 is 4.74 Å². The molecule has 30 heavy (non-hydrogen) atoms. The number of nitrogens with zero attached hydrogens (tertiary/aromatic N) is 1. The zero-order chi connectivity index (χ0) is 21.3. The first kappa shape index (κ1) is 21.3. The first-order chi connectivity index (χ1) is 14.5. The van der Waals surface area contributed by atoms with Crippen LogP contribution in [0.2, 0.25) is 10.0 Å². The lowest BCUT2D eigenvalue weighted by Crippen LogP contribution is -2.17. The molecular formula is C23H16Cl2N2O3. The molecule has 0 aliphatic rings. The fraction of sp³-hybridized carbons (Fsp3) is 0. The summed E-state index contributed by atoms with van der Waals surface area (Å²) in [6.07, 6.45) is 4.51. The van der Waals surface area contributed by atoms with Crippen molar-refractivity contribution in [3.63, 3.8) is 0 Å². The van der Waals surface area contributed by atoms with Crippen molar-refractivity contribution in [1.29, 1.82) is 0 Å². The lowest BCUT2D eigenvalue weighted by Gasteiger charge is -2.03. The molecule has 3 aromatic rings. The van der Waals surface area contributed by atoms with E-state index in [2.05, 4.69) is 10.5 Å². The van der Waals surface area contributed by atoms with Crippen LogP contribution in [-0.2, 0) is 4.79 Å². The summed E-state index contributed by atoms with van der Waals surface area (Å²) in [6.45, 7) is 0. The zero-order valence-corrected chi connectivity index (χ0v) is 17.1. The molecule has 3 aromatic carbocycles. The number of nitrogens with one attached hydrogen (secondary N) is 1. The molecule has 5 nitrogen and oxygen atoms in total. The quantitative estimate of drug-likeness (QED) is 0.185. The lowest BCUT2D eigenvalue weighted by atomic mass is 10.2. The van der Waals surface area contributed by atoms with Crippen LogP contribution in [0.1, 0.15) is 21.5 Å². The Bertz CT molecular complexity index is 1100. The van der Waals surface area contributed by atoms with E-state index >= 15 is 0 Å². The van der Waals surface area contributed by atoms with Gasteiger partial charge in [0, 0.05) is 11.6 Å². The topological polar surface area (TPSA) is 67.8 Å². The van der Waals surface area contributed by atoms with Crippen molar-refractivity contribution < 1.29 is 14.3 Å². The van der Waals surface area contributed by atoms with E-state index < -0.39 is 11.9 Å². The molecular weight excluding hydrogens is 423 g/mol. The second-order valence-corrected chi connectivity index (χ2v) is 6.88. The monoisotopic (exact) mass is 438 g/mol. The number of halogens is 2. The van der Waals surface area contributed by atoms with Gasteiger partial charge in [-0.2, -0.15) is 5.10 Å². The maximum absolute atomic E-state index is 12.0. The molecule has 0 saturated carbocycles. The lowest BCUT2D eigenvalue weighted by molar-refractivity contribution is -0.128. The molecule has 0 saturated heterocycles. The van der Waals surface area contributed by atoms with Gasteiger partial charge in [0.15, 0.2) is 0 Å². The zero-order valence-electron chi connectivity index (χ0n) is 15.6. The third kappa shape index (κ3) is 6.30. The second kappa shape index (κ2) is 10.4. The molecule has 0 atom stereocenters. The largest absolute Gasteiger partial charge is 0.423 e. The third-order valence-electron chi connectivity index (χ3n) is 3.87. The number of carbonyl (C=O) groups is 2. The summed E-state index contributed by atoms with van der Waals surface area (Å²) in [4.78, 5) is 23.9. The minimum Gasteiger partial charge on any atom is -0.423 e. The van der Waals surface area contributed by atoms with Crippen LogP contribution in [0, 0.1) is 0 Å². The van der Waals surface area contributed by atoms with Crippen molar-refractivity contribution in [2.24, 2.45) is 5.10 Å². The predicted molar refractivity (Wildman–Crippen MR) is 119 cm³/mol. The van der Waals surface area contributed by atoms with Crippen LogP contribution in [-0.4, -0.2) is 18.1 Å². The molecule has 0 unspecified atom stereocenters. The Kier molecular flexibility index (Phi) is 7.38. The van der Waals surface area contributed by atoms with Gasteiger partial charge >= 0.3 is 5.97 Å².